The van der Waals surface area contributed by atoms with Crippen LogP contribution in [0.25, 0.3) is 0 Å². The Morgan fingerprint density at radius 3 is 2.55 bits per heavy atom. The van der Waals surface area contributed by atoms with Crippen LogP contribution in [0, 0.1) is 5.92 Å². The van der Waals surface area contributed by atoms with Gasteiger partial charge in [0.2, 0.25) is 5.89 Å². The molecule has 2 heterocycles. The third-order valence-corrected chi connectivity index (χ3v) is 3.79. The third-order valence-electron chi connectivity index (χ3n) is 3.79. The molecule has 0 N–H and O–H groups in total. The molecular weight excluding hydrogens is 271 g/mol. The number of alkyl halides is 3. The first-order valence-corrected chi connectivity index (χ1v) is 6.93. The van der Waals surface area contributed by atoms with Gasteiger partial charge in [0.15, 0.2) is 5.82 Å². The molecule has 1 fully saturated rings. The fourth-order valence-electron chi connectivity index (χ4n) is 2.43. The lowest BCUT2D eigenvalue weighted by atomic mass is 9.96. The van der Waals surface area contributed by atoms with Crippen LogP contribution < -0.4 is 0 Å². The van der Waals surface area contributed by atoms with Gasteiger partial charge < -0.3 is 4.52 Å². The summed E-state index contributed by atoms with van der Waals surface area (Å²) in [5, 5.41) is 3.86. The molecule has 1 aliphatic rings. The van der Waals surface area contributed by atoms with Gasteiger partial charge >= 0.3 is 6.18 Å². The van der Waals surface area contributed by atoms with E-state index in [2.05, 4.69) is 10.1 Å². The standard InChI is InChI=1S/C13H20F3N3O/c1-8(2)11-17-12(20-18-11)9(3)19-6-4-5-10(7-19)13(14,15)16/h8-10H,4-7H2,1-3H3/t9-,10+/m0/s1. The molecule has 0 unspecified atom stereocenters. The van der Waals surface area contributed by atoms with Crippen molar-refractivity contribution in [2.75, 3.05) is 13.1 Å². The first kappa shape index (κ1) is 15.3. The minimum atomic E-state index is -4.13. The van der Waals surface area contributed by atoms with Gasteiger partial charge in [-0.15, -0.1) is 0 Å². The molecule has 0 amide bonds. The Labute approximate surface area is 116 Å². The van der Waals surface area contributed by atoms with Crippen LogP contribution in [0.4, 0.5) is 13.2 Å². The van der Waals surface area contributed by atoms with E-state index < -0.39 is 12.1 Å². The molecule has 1 aromatic heterocycles. The van der Waals surface area contributed by atoms with E-state index in [1.54, 1.807) is 4.90 Å². The molecule has 0 spiro atoms. The Morgan fingerprint density at radius 2 is 2.00 bits per heavy atom. The van der Waals surface area contributed by atoms with Gasteiger partial charge in [0.1, 0.15) is 0 Å². The minimum Gasteiger partial charge on any atom is -0.338 e. The third kappa shape index (κ3) is 3.31. The van der Waals surface area contributed by atoms with Gasteiger partial charge in [-0.25, -0.2) is 0 Å². The fraction of sp³-hybridized carbons (Fsp3) is 0.846. The van der Waals surface area contributed by atoms with Gasteiger partial charge in [0.05, 0.1) is 12.0 Å². The molecule has 0 radical (unpaired) electrons. The van der Waals surface area contributed by atoms with Crippen molar-refractivity contribution in [3.8, 4) is 0 Å². The topological polar surface area (TPSA) is 42.2 Å². The zero-order valence-corrected chi connectivity index (χ0v) is 11.9. The zero-order valence-electron chi connectivity index (χ0n) is 11.9. The summed E-state index contributed by atoms with van der Waals surface area (Å²) < 4.78 is 43.6. The van der Waals surface area contributed by atoms with Crippen LogP contribution in [-0.4, -0.2) is 34.3 Å². The summed E-state index contributed by atoms with van der Waals surface area (Å²) in [5.41, 5.74) is 0. The number of rotatable bonds is 3. The zero-order chi connectivity index (χ0) is 14.9. The van der Waals surface area contributed by atoms with Crippen molar-refractivity contribution in [2.45, 2.75) is 51.7 Å². The van der Waals surface area contributed by atoms with E-state index >= 15 is 0 Å². The van der Waals surface area contributed by atoms with Crippen molar-refractivity contribution >= 4 is 0 Å². The van der Waals surface area contributed by atoms with Crippen LogP contribution in [-0.2, 0) is 0 Å². The second-order valence-corrected chi connectivity index (χ2v) is 5.70. The van der Waals surface area contributed by atoms with Crippen LogP contribution in [0.15, 0.2) is 4.52 Å². The van der Waals surface area contributed by atoms with E-state index in [0.29, 0.717) is 24.7 Å². The van der Waals surface area contributed by atoms with E-state index in [-0.39, 0.29) is 24.9 Å². The van der Waals surface area contributed by atoms with E-state index in [4.69, 9.17) is 4.52 Å². The molecule has 1 aliphatic heterocycles. The summed E-state index contributed by atoms with van der Waals surface area (Å²) in [5.74, 6) is -0.122. The Morgan fingerprint density at radius 1 is 1.30 bits per heavy atom. The largest absolute Gasteiger partial charge is 0.393 e. The summed E-state index contributed by atoms with van der Waals surface area (Å²) in [4.78, 5) is 6.05. The number of aromatic nitrogens is 2. The molecule has 2 atom stereocenters. The maximum absolute atomic E-state index is 12.8. The molecule has 4 nitrogen and oxygen atoms in total. The number of nitrogens with zero attached hydrogens (tertiary/aromatic N) is 3. The van der Waals surface area contributed by atoms with E-state index in [9.17, 15) is 13.2 Å². The van der Waals surface area contributed by atoms with Crippen molar-refractivity contribution in [3.63, 3.8) is 0 Å². The lowest BCUT2D eigenvalue weighted by Gasteiger charge is -2.36. The molecule has 2 rings (SSSR count). The predicted octanol–water partition coefficient (Wildman–Crippen LogP) is 3.53. The average molecular weight is 291 g/mol. The first-order chi connectivity index (χ1) is 9.29. The monoisotopic (exact) mass is 291 g/mol. The minimum absolute atomic E-state index is 0.00403. The number of likely N-dealkylation sites (tertiary alicyclic amines) is 1. The molecule has 0 aliphatic carbocycles. The van der Waals surface area contributed by atoms with Crippen molar-refractivity contribution < 1.29 is 17.7 Å². The molecule has 1 aromatic rings. The highest BCUT2D eigenvalue weighted by Gasteiger charge is 2.43. The lowest BCUT2D eigenvalue weighted by Crippen LogP contribution is -2.42. The summed E-state index contributed by atoms with van der Waals surface area (Å²) >= 11 is 0. The van der Waals surface area contributed by atoms with Crippen LogP contribution in [0.3, 0.4) is 0 Å². The van der Waals surface area contributed by atoms with Gasteiger partial charge in [-0.3, -0.25) is 4.90 Å². The predicted molar refractivity (Wildman–Crippen MR) is 67.2 cm³/mol. The van der Waals surface area contributed by atoms with Gasteiger partial charge in [-0.05, 0) is 26.3 Å². The normalized spacial score (nSPS) is 23.2. The molecule has 114 valence electrons. The molecule has 0 aromatic carbocycles. The number of piperidine rings is 1. The Hall–Kier alpha value is -1.11. The quantitative estimate of drug-likeness (QED) is 0.854. The van der Waals surface area contributed by atoms with Crippen LogP contribution in [0.5, 0.6) is 0 Å². The lowest BCUT2D eigenvalue weighted by molar-refractivity contribution is -0.188. The van der Waals surface area contributed by atoms with Crippen LogP contribution in [0.2, 0.25) is 0 Å². The Kier molecular flexibility index (Phi) is 4.36. The number of hydrogen-bond acceptors (Lipinski definition) is 4. The summed E-state index contributed by atoms with van der Waals surface area (Å²) in [6.07, 6.45) is -3.39. The smallest absolute Gasteiger partial charge is 0.338 e. The van der Waals surface area contributed by atoms with E-state index in [0.717, 1.165) is 0 Å². The van der Waals surface area contributed by atoms with Crippen molar-refractivity contribution in [2.24, 2.45) is 5.92 Å². The second-order valence-electron chi connectivity index (χ2n) is 5.70. The highest BCUT2D eigenvalue weighted by atomic mass is 19.4. The SMILES string of the molecule is CC(C)c1noc([C@H](C)N2CCC[C@@H](C(F)(F)F)C2)n1. The van der Waals surface area contributed by atoms with Gasteiger partial charge in [-0.1, -0.05) is 19.0 Å². The van der Waals surface area contributed by atoms with Crippen molar-refractivity contribution in [1.29, 1.82) is 0 Å². The highest BCUT2D eigenvalue weighted by molar-refractivity contribution is 4.96. The molecule has 0 bridgehead atoms. The molecular formula is C13H20F3N3O. The first-order valence-electron chi connectivity index (χ1n) is 6.93. The average Bonchev–Trinajstić information content (AvgIpc) is 2.87. The van der Waals surface area contributed by atoms with Crippen molar-refractivity contribution in [1.82, 2.24) is 15.0 Å². The summed E-state index contributed by atoms with van der Waals surface area (Å²) in [6.45, 7) is 6.34. The summed E-state index contributed by atoms with van der Waals surface area (Å²) in [7, 11) is 0. The molecule has 7 heteroatoms. The maximum atomic E-state index is 12.8. The molecule has 0 saturated carbocycles. The summed E-state index contributed by atoms with van der Waals surface area (Å²) in [6, 6.07) is -0.278. The maximum Gasteiger partial charge on any atom is 0.393 e. The van der Waals surface area contributed by atoms with Gasteiger partial charge in [0.25, 0.3) is 0 Å². The second kappa shape index (κ2) is 5.71. The Bertz CT molecular complexity index is 444. The van der Waals surface area contributed by atoms with E-state index in [1.165, 1.54) is 0 Å². The van der Waals surface area contributed by atoms with Gasteiger partial charge in [-0.2, -0.15) is 18.2 Å². The fourth-order valence-corrected chi connectivity index (χ4v) is 2.43. The van der Waals surface area contributed by atoms with E-state index in [1.807, 2.05) is 20.8 Å². The van der Waals surface area contributed by atoms with Crippen molar-refractivity contribution in [3.05, 3.63) is 11.7 Å². The molecule has 1 saturated heterocycles. The number of hydrogen-bond donors (Lipinski definition) is 0. The van der Waals surface area contributed by atoms with Crippen LogP contribution >= 0.6 is 0 Å². The van der Waals surface area contributed by atoms with Gasteiger partial charge in [0, 0.05) is 12.5 Å². The van der Waals surface area contributed by atoms with Crippen LogP contribution in [0.1, 0.15) is 57.3 Å². The Balaban J connectivity index is 2.06. The number of halogens is 3. The molecule has 20 heavy (non-hydrogen) atoms. The highest BCUT2D eigenvalue weighted by Crippen LogP contribution is 2.35.